The first-order valence-corrected chi connectivity index (χ1v) is 5.70. The van der Waals surface area contributed by atoms with E-state index in [0.29, 0.717) is 0 Å². The van der Waals surface area contributed by atoms with Gasteiger partial charge in [-0.15, -0.1) is 0 Å². The van der Waals surface area contributed by atoms with Crippen LogP contribution < -0.4 is 10.6 Å². The third-order valence-corrected chi connectivity index (χ3v) is 3.35. The second-order valence-corrected chi connectivity index (χ2v) is 4.57. The number of benzene rings is 1. The molecule has 1 aliphatic heterocycles. The largest absolute Gasteiger partial charge is 0.370 e. The Hall–Kier alpha value is -1.51. The van der Waals surface area contributed by atoms with E-state index >= 15 is 0 Å². The van der Waals surface area contributed by atoms with Gasteiger partial charge in [0.2, 0.25) is 5.91 Å². The van der Waals surface area contributed by atoms with Crippen molar-refractivity contribution in [1.82, 2.24) is 0 Å². The number of anilines is 1. The highest BCUT2D eigenvalue weighted by molar-refractivity contribution is 5.78. The summed E-state index contributed by atoms with van der Waals surface area (Å²) in [5.41, 5.74) is 9.16. The van der Waals surface area contributed by atoms with Gasteiger partial charge in [0.05, 0.1) is 5.92 Å². The molecule has 0 aromatic heterocycles. The van der Waals surface area contributed by atoms with Gasteiger partial charge in [0.1, 0.15) is 0 Å². The Morgan fingerprint density at radius 1 is 1.38 bits per heavy atom. The second kappa shape index (κ2) is 4.16. The van der Waals surface area contributed by atoms with Crippen LogP contribution in [0.1, 0.15) is 17.5 Å². The Morgan fingerprint density at radius 2 is 2.00 bits per heavy atom. The molecule has 0 radical (unpaired) electrons. The summed E-state index contributed by atoms with van der Waals surface area (Å²) in [6.45, 7) is 5.92. The van der Waals surface area contributed by atoms with Gasteiger partial charge in [0.25, 0.3) is 0 Å². The van der Waals surface area contributed by atoms with Crippen LogP contribution in [0.3, 0.4) is 0 Å². The van der Waals surface area contributed by atoms with Crippen molar-refractivity contribution in [1.29, 1.82) is 0 Å². The maximum Gasteiger partial charge on any atom is 0.222 e. The van der Waals surface area contributed by atoms with Gasteiger partial charge in [0.15, 0.2) is 0 Å². The Morgan fingerprint density at radius 3 is 2.50 bits per heavy atom. The monoisotopic (exact) mass is 218 g/mol. The lowest BCUT2D eigenvalue weighted by Gasteiger charge is -2.22. The lowest BCUT2D eigenvalue weighted by atomic mass is 10.1. The summed E-state index contributed by atoms with van der Waals surface area (Å²) < 4.78 is 0. The van der Waals surface area contributed by atoms with Crippen LogP contribution in [0, 0.1) is 19.8 Å². The van der Waals surface area contributed by atoms with E-state index in [4.69, 9.17) is 5.73 Å². The van der Waals surface area contributed by atoms with Gasteiger partial charge in [-0.25, -0.2) is 0 Å². The van der Waals surface area contributed by atoms with Crippen LogP contribution in [0.15, 0.2) is 18.2 Å². The van der Waals surface area contributed by atoms with Gasteiger partial charge in [0, 0.05) is 18.8 Å². The van der Waals surface area contributed by atoms with E-state index in [2.05, 4.69) is 36.9 Å². The van der Waals surface area contributed by atoms with E-state index in [0.717, 1.165) is 19.5 Å². The Bertz CT molecular complexity index is 394. The van der Waals surface area contributed by atoms with Gasteiger partial charge < -0.3 is 10.6 Å². The van der Waals surface area contributed by atoms with Crippen molar-refractivity contribution in [3.63, 3.8) is 0 Å². The molecule has 0 saturated carbocycles. The molecule has 3 heteroatoms. The van der Waals surface area contributed by atoms with E-state index in [-0.39, 0.29) is 11.8 Å². The zero-order chi connectivity index (χ0) is 11.7. The van der Waals surface area contributed by atoms with E-state index < -0.39 is 0 Å². The molecule has 0 aliphatic carbocycles. The fraction of sp³-hybridized carbons (Fsp3) is 0.462. The Balaban J connectivity index is 2.24. The highest BCUT2D eigenvalue weighted by Gasteiger charge is 2.27. The van der Waals surface area contributed by atoms with Crippen molar-refractivity contribution in [2.75, 3.05) is 18.0 Å². The number of nitrogens with zero attached hydrogens (tertiary/aromatic N) is 1. The fourth-order valence-electron chi connectivity index (χ4n) is 2.50. The Kier molecular flexibility index (Phi) is 2.86. The van der Waals surface area contributed by atoms with E-state index in [9.17, 15) is 4.79 Å². The van der Waals surface area contributed by atoms with E-state index in [1.54, 1.807) is 0 Å². The molecule has 1 unspecified atom stereocenters. The minimum absolute atomic E-state index is 0.0130. The van der Waals surface area contributed by atoms with Crippen molar-refractivity contribution < 1.29 is 4.79 Å². The zero-order valence-corrected chi connectivity index (χ0v) is 9.86. The quantitative estimate of drug-likeness (QED) is 0.819. The number of hydrogen-bond acceptors (Lipinski definition) is 2. The lowest BCUT2D eigenvalue weighted by molar-refractivity contribution is -0.121. The van der Waals surface area contributed by atoms with Crippen LogP contribution >= 0.6 is 0 Å². The third kappa shape index (κ3) is 1.90. The van der Waals surface area contributed by atoms with Gasteiger partial charge in [-0.05, 0) is 31.4 Å². The summed E-state index contributed by atoms with van der Waals surface area (Å²) in [4.78, 5) is 13.4. The number of carbonyl (C=O) groups is 1. The van der Waals surface area contributed by atoms with Crippen molar-refractivity contribution in [2.45, 2.75) is 20.3 Å². The standard InChI is InChI=1S/C13H18N2O/c1-9-4-3-5-10(2)12(9)15-7-6-11(8-15)13(14)16/h3-5,11H,6-8H2,1-2H3,(H2,14,16). The van der Waals surface area contributed by atoms with Crippen LogP contribution in [-0.4, -0.2) is 19.0 Å². The summed E-state index contributed by atoms with van der Waals surface area (Å²) in [6.07, 6.45) is 0.878. The van der Waals surface area contributed by atoms with Crippen LogP contribution in [0.5, 0.6) is 0 Å². The maximum atomic E-state index is 11.1. The number of amides is 1. The molecule has 3 nitrogen and oxygen atoms in total. The molecule has 0 bridgehead atoms. The molecule has 1 saturated heterocycles. The molecule has 0 spiro atoms. The number of carbonyl (C=O) groups excluding carboxylic acids is 1. The van der Waals surface area contributed by atoms with Crippen LogP contribution in [0.25, 0.3) is 0 Å². The van der Waals surface area contributed by atoms with Crippen LogP contribution in [0.2, 0.25) is 0 Å². The number of nitrogens with two attached hydrogens (primary N) is 1. The highest BCUT2D eigenvalue weighted by atomic mass is 16.1. The number of aryl methyl sites for hydroxylation is 2. The van der Waals surface area contributed by atoms with Crippen molar-refractivity contribution in [2.24, 2.45) is 11.7 Å². The summed E-state index contributed by atoms with van der Waals surface area (Å²) in [7, 11) is 0. The predicted molar refractivity (Wildman–Crippen MR) is 65.4 cm³/mol. The normalized spacial score (nSPS) is 20.1. The second-order valence-electron chi connectivity index (χ2n) is 4.57. The lowest BCUT2D eigenvalue weighted by Crippen LogP contribution is -2.27. The van der Waals surface area contributed by atoms with Gasteiger partial charge in [-0.1, -0.05) is 18.2 Å². The molecule has 1 aliphatic rings. The average Bonchev–Trinajstić information content (AvgIpc) is 2.66. The summed E-state index contributed by atoms with van der Waals surface area (Å²) in [6, 6.07) is 6.29. The highest BCUT2D eigenvalue weighted by Crippen LogP contribution is 2.29. The third-order valence-electron chi connectivity index (χ3n) is 3.35. The maximum absolute atomic E-state index is 11.1. The van der Waals surface area contributed by atoms with Gasteiger partial charge in [-0.2, -0.15) is 0 Å². The summed E-state index contributed by atoms with van der Waals surface area (Å²) >= 11 is 0. The van der Waals surface area contributed by atoms with Crippen molar-refractivity contribution >= 4 is 11.6 Å². The first-order valence-electron chi connectivity index (χ1n) is 5.70. The topological polar surface area (TPSA) is 46.3 Å². The van der Waals surface area contributed by atoms with Crippen LogP contribution in [0.4, 0.5) is 5.69 Å². The number of rotatable bonds is 2. The molecule has 1 fully saturated rings. The van der Waals surface area contributed by atoms with Crippen molar-refractivity contribution in [3.05, 3.63) is 29.3 Å². The molecule has 16 heavy (non-hydrogen) atoms. The molecule has 1 aromatic rings. The minimum atomic E-state index is -0.172. The first-order chi connectivity index (χ1) is 7.59. The Labute approximate surface area is 96.2 Å². The van der Waals surface area contributed by atoms with Crippen molar-refractivity contribution in [3.8, 4) is 0 Å². The SMILES string of the molecule is Cc1cccc(C)c1N1CCC(C(N)=O)C1. The number of para-hydroxylation sites is 1. The smallest absolute Gasteiger partial charge is 0.222 e. The van der Waals surface area contributed by atoms with E-state index in [1.807, 2.05) is 0 Å². The molecule has 1 aromatic carbocycles. The van der Waals surface area contributed by atoms with Gasteiger partial charge in [-0.3, -0.25) is 4.79 Å². The summed E-state index contributed by atoms with van der Waals surface area (Å²) in [5, 5.41) is 0. The molecule has 2 rings (SSSR count). The molecule has 2 N–H and O–H groups in total. The molecule has 86 valence electrons. The molecular formula is C13H18N2O. The fourth-order valence-corrected chi connectivity index (χ4v) is 2.50. The molecular weight excluding hydrogens is 200 g/mol. The predicted octanol–water partition coefficient (Wildman–Crippen LogP) is 1.62. The van der Waals surface area contributed by atoms with Crippen LogP contribution in [-0.2, 0) is 4.79 Å². The number of primary amides is 1. The zero-order valence-electron chi connectivity index (χ0n) is 9.86. The molecule has 1 atom stereocenters. The summed E-state index contributed by atoms with van der Waals surface area (Å²) in [5.74, 6) is -0.159. The number of hydrogen-bond donors (Lipinski definition) is 1. The van der Waals surface area contributed by atoms with Gasteiger partial charge >= 0.3 is 0 Å². The first kappa shape index (κ1) is 11.0. The minimum Gasteiger partial charge on any atom is -0.370 e. The molecule has 1 amide bonds. The molecule has 1 heterocycles. The van der Waals surface area contributed by atoms with E-state index in [1.165, 1.54) is 16.8 Å². The average molecular weight is 218 g/mol.